The van der Waals surface area contributed by atoms with Gasteiger partial charge in [0.2, 0.25) is 5.91 Å². The summed E-state index contributed by atoms with van der Waals surface area (Å²) < 4.78 is 0. The van der Waals surface area contributed by atoms with Crippen molar-refractivity contribution in [3.05, 3.63) is 71.8 Å². The van der Waals surface area contributed by atoms with E-state index in [9.17, 15) is 9.59 Å². The Bertz CT molecular complexity index is 720. The fourth-order valence-corrected chi connectivity index (χ4v) is 1.83. The largest absolute Gasteiger partial charge is 0.326 e. The molecule has 0 aliphatic heterocycles. The van der Waals surface area contributed by atoms with Crippen molar-refractivity contribution in [2.24, 2.45) is 5.10 Å². The predicted molar refractivity (Wildman–Crippen MR) is 92.2 cm³/mol. The van der Waals surface area contributed by atoms with Crippen molar-refractivity contribution in [3.63, 3.8) is 0 Å². The molecule has 5 nitrogen and oxygen atoms in total. The third-order valence-electron chi connectivity index (χ3n) is 2.88. The van der Waals surface area contributed by atoms with E-state index in [0.29, 0.717) is 11.3 Å². The van der Waals surface area contributed by atoms with E-state index in [1.807, 2.05) is 36.4 Å². The smallest absolute Gasteiger partial charge is 0.271 e. The lowest BCUT2D eigenvalue weighted by Crippen LogP contribution is -2.17. The molecule has 0 radical (unpaired) electrons. The van der Waals surface area contributed by atoms with Crippen molar-refractivity contribution < 1.29 is 9.59 Å². The molecule has 0 saturated carbocycles. The minimum absolute atomic E-state index is 0.156. The van der Waals surface area contributed by atoms with Gasteiger partial charge in [0.15, 0.2) is 0 Å². The number of hydrogen-bond acceptors (Lipinski definition) is 3. The normalized spacial score (nSPS) is 10.8. The van der Waals surface area contributed by atoms with Gasteiger partial charge in [-0.2, -0.15) is 5.10 Å². The summed E-state index contributed by atoms with van der Waals surface area (Å²) in [6, 6.07) is 16.4. The molecule has 2 aromatic rings. The van der Waals surface area contributed by atoms with Crippen LogP contribution in [0, 0.1) is 0 Å². The number of hydrazone groups is 1. The lowest BCUT2D eigenvalue weighted by molar-refractivity contribution is -0.114. The second-order valence-electron chi connectivity index (χ2n) is 4.75. The Balaban J connectivity index is 1.85. The van der Waals surface area contributed by atoms with E-state index in [4.69, 9.17) is 0 Å². The summed E-state index contributed by atoms with van der Waals surface area (Å²) in [7, 11) is 0. The Morgan fingerprint density at radius 3 is 2.35 bits per heavy atom. The van der Waals surface area contributed by atoms with Gasteiger partial charge in [0.05, 0.1) is 0 Å². The first-order chi connectivity index (χ1) is 11.1. The molecular formula is C18H17N3O2. The van der Waals surface area contributed by atoms with Gasteiger partial charge in [-0.3, -0.25) is 9.59 Å². The topological polar surface area (TPSA) is 70.6 Å². The molecule has 2 aromatic carbocycles. The Labute approximate surface area is 134 Å². The molecule has 0 bridgehead atoms. The number of carbonyl (C=O) groups is 2. The highest BCUT2D eigenvalue weighted by atomic mass is 16.2. The molecule has 0 saturated heterocycles. The maximum atomic E-state index is 11.9. The van der Waals surface area contributed by atoms with Crippen LogP contribution in [0.4, 0.5) is 5.69 Å². The van der Waals surface area contributed by atoms with Crippen LogP contribution in [0.1, 0.15) is 22.8 Å². The van der Waals surface area contributed by atoms with E-state index in [-0.39, 0.29) is 11.8 Å². The van der Waals surface area contributed by atoms with Crippen molar-refractivity contribution in [1.82, 2.24) is 5.43 Å². The second-order valence-corrected chi connectivity index (χ2v) is 4.75. The van der Waals surface area contributed by atoms with Gasteiger partial charge in [-0.25, -0.2) is 5.43 Å². The number of nitrogens with zero attached hydrogens (tertiary/aromatic N) is 1. The summed E-state index contributed by atoms with van der Waals surface area (Å²) in [5, 5.41) is 6.49. The molecule has 2 N–H and O–H groups in total. The molecule has 116 valence electrons. The number of benzene rings is 2. The highest BCUT2D eigenvalue weighted by molar-refractivity contribution is 5.95. The molecule has 0 spiro atoms. The molecule has 0 atom stereocenters. The first-order valence-corrected chi connectivity index (χ1v) is 7.08. The van der Waals surface area contributed by atoms with Crippen molar-refractivity contribution in [1.29, 1.82) is 0 Å². The third kappa shape index (κ3) is 5.59. The number of rotatable bonds is 5. The summed E-state index contributed by atoms with van der Waals surface area (Å²) in [5.74, 6) is -0.472. The fraction of sp³-hybridized carbons (Fsp3) is 0.0556. The van der Waals surface area contributed by atoms with Crippen LogP contribution < -0.4 is 10.7 Å². The van der Waals surface area contributed by atoms with Crippen molar-refractivity contribution in [3.8, 4) is 0 Å². The summed E-state index contributed by atoms with van der Waals surface area (Å²) in [6.07, 6.45) is 5.14. The Morgan fingerprint density at radius 1 is 1.00 bits per heavy atom. The summed E-state index contributed by atoms with van der Waals surface area (Å²) in [5.41, 5.74) is 4.60. The van der Waals surface area contributed by atoms with Crippen LogP contribution in [-0.2, 0) is 4.79 Å². The van der Waals surface area contributed by atoms with E-state index in [0.717, 1.165) is 5.56 Å². The highest BCUT2D eigenvalue weighted by Gasteiger charge is 2.03. The number of allylic oxidation sites excluding steroid dienone is 1. The van der Waals surface area contributed by atoms with Crippen LogP contribution in [0.3, 0.4) is 0 Å². The average Bonchev–Trinajstić information content (AvgIpc) is 2.55. The molecule has 0 fully saturated rings. The first kappa shape index (κ1) is 16.2. The summed E-state index contributed by atoms with van der Waals surface area (Å²) in [6.45, 7) is 1.43. The standard InChI is InChI=1S/C18H17N3O2/c1-14(22)20-17-11-9-16(10-12-17)18(23)21-19-13-5-8-15-6-3-2-4-7-15/h2-13H,1H3,(H,20,22)(H,21,23)/b8-5+,19-13-. The van der Waals surface area contributed by atoms with Crippen LogP contribution in [0.15, 0.2) is 65.8 Å². The van der Waals surface area contributed by atoms with E-state index in [2.05, 4.69) is 15.8 Å². The Kier molecular flexibility index (Phi) is 5.82. The molecule has 0 aromatic heterocycles. The van der Waals surface area contributed by atoms with Crippen LogP contribution in [-0.4, -0.2) is 18.0 Å². The predicted octanol–water partition coefficient (Wildman–Crippen LogP) is 3.07. The zero-order valence-corrected chi connectivity index (χ0v) is 12.7. The summed E-state index contributed by atoms with van der Waals surface area (Å²) in [4.78, 5) is 22.8. The lowest BCUT2D eigenvalue weighted by atomic mass is 10.2. The number of carbonyl (C=O) groups excluding carboxylic acids is 2. The monoisotopic (exact) mass is 307 g/mol. The molecule has 23 heavy (non-hydrogen) atoms. The minimum Gasteiger partial charge on any atom is -0.326 e. The van der Waals surface area contributed by atoms with Crippen LogP contribution in [0.25, 0.3) is 6.08 Å². The highest BCUT2D eigenvalue weighted by Crippen LogP contribution is 2.09. The SMILES string of the molecule is CC(=O)Nc1ccc(C(=O)N/N=C\C=C\c2ccccc2)cc1. The number of nitrogens with one attached hydrogen (secondary N) is 2. The maximum Gasteiger partial charge on any atom is 0.271 e. The molecule has 2 amide bonds. The zero-order chi connectivity index (χ0) is 16.5. The van der Waals surface area contributed by atoms with E-state index >= 15 is 0 Å². The third-order valence-corrected chi connectivity index (χ3v) is 2.88. The maximum absolute atomic E-state index is 11.9. The number of amides is 2. The molecule has 2 rings (SSSR count). The lowest BCUT2D eigenvalue weighted by Gasteiger charge is -2.03. The van der Waals surface area contributed by atoms with Crippen LogP contribution >= 0.6 is 0 Å². The van der Waals surface area contributed by atoms with E-state index < -0.39 is 0 Å². The van der Waals surface area contributed by atoms with E-state index in [1.54, 1.807) is 30.3 Å². The van der Waals surface area contributed by atoms with Crippen molar-refractivity contribution in [2.75, 3.05) is 5.32 Å². The van der Waals surface area contributed by atoms with Gasteiger partial charge < -0.3 is 5.32 Å². The quantitative estimate of drug-likeness (QED) is 0.658. The molecule has 0 aliphatic rings. The Hall–Kier alpha value is -3.21. The fourth-order valence-electron chi connectivity index (χ4n) is 1.83. The van der Waals surface area contributed by atoms with Crippen LogP contribution in [0.5, 0.6) is 0 Å². The van der Waals surface area contributed by atoms with E-state index in [1.165, 1.54) is 13.1 Å². The molecular weight excluding hydrogens is 290 g/mol. The van der Waals surface area contributed by atoms with Gasteiger partial charge in [0.1, 0.15) is 0 Å². The molecule has 0 aliphatic carbocycles. The van der Waals surface area contributed by atoms with Gasteiger partial charge in [-0.15, -0.1) is 0 Å². The Morgan fingerprint density at radius 2 is 1.70 bits per heavy atom. The molecule has 0 unspecified atom stereocenters. The summed E-state index contributed by atoms with van der Waals surface area (Å²) >= 11 is 0. The number of anilines is 1. The van der Waals surface area contributed by atoms with Crippen LogP contribution in [0.2, 0.25) is 0 Å². The van der Waals surface area contributed by atoms with Gasteiger partial charge in [0, 0.05) is 24.4 Å². The van der Waals surface area contributed by atoms with Crippen molar-refractivity contribution >= 4 is 29.8 Å². The first-order valence-electron chi connectivity index (χ1n) is 7.08. The van der Waals surface area contributed by atoms with Gasteiger partial charge in [-0.1, -0.05) is 36.4 Å². The van der Waals surface area contributed by atoms with Gasteiger partial charge in [-0.05, 0) is 35.9 Å². The van der Waals surface area contributed by atoms with Gasteiger partial charge in [0.25, 0.3) is 5.91 Å². The second kappa shape index (κ2) is 8.29. The molecule has 5 heteroatoms. The van der Waals surface area contributed by atoms with Crippen molar-refractivity contribution in [2.45, 2.75) is 6.92 Å². The average molecular weight is 307 g/mol. The number of hydrogen-bond donors (Lipinski definition) is 2. The van der Waals surface area contributed by atoms with Gasteiger partial charge >= 0.3 is 0 Å². The molecule has 0 heterocycles. The zero-order valence-electron chi connectivity index (χ0n) is 12.7. The minimum atomic E-state index is -0.316.